The average Bonchev–Trinajstić information content (AvgIpc) is 2.78. The summed E-state index contributed by atoms with van der Waals surface area (Å²) in [5.41, 5.74) is 1.14. The molecule has 0 saturated heterocycles. The summed E-state index contributed by atoms with van der Waals surface area (Å²) in [6.07, 6.45) is 9.53. The summed E-state index contributed by atoms with van der Waals surface area (Å²) < 4.78 is 5.33. The lowest BCUT2D eigenvalue weighted by Crippen LogP contribution is -2.70. The summed E-state index contributed by atoms with van der Waals surface area (Å²) in [7, 11) is 1.52. The number of ether oxygens (including phenoxy) is 1. The van der Waals surface area contributed by atoms with E-state index in [1.807, 2.05) is 0 Å². The third kappa shape index (κ3) is 2.63. The van der Waals surface area contributed by atoms with Crippen LogP contribution in [0.25, 0.3) is 0 Å². The van der Waals surface area contributed by atoms with Gasteiger partial charge in [-0.15, -0.1) is 0 Å². The van der Waals surface area contributed by atoms with Crippen LogP contribution >= 0.6 is 0 Å². The molecule has 0 heterocycles. The Morgan fingerprint density at radius 3 is 2.52 bits per heavy atom. The maximum absolute atomic E-state index is 13.6. The van der Waals surface area contributed by atoms with E-state index in [1.54, 1.807) is 0 Å². The maximum atomic E-state index is 13.6. The number of Topliss-reactive ketones (excluding diaryl/α,β-unsaturated/α-hetero) is 1. The van der Waals surface area contributed by atoms with Gasteiger partial charge in [0.05, 0.1) is 18.2 Å². The van der Waals surface area contributed by atoms with Gasteiger partial charge in [-0.1, -0.05) is 50.9 Å². The van der Waals surface area contributed by atoms with E-state index in [-0.39, 0.29) is 34.6 Å². The normalized spacial score (nSPS) is 49.8. The monoisotopic (exact) mass is 455 g/mol. The first-order valence-corrected chi connectivity index (χ1v) is 13.1. The van der Waals surface area contributed by atoms with Gasteiger partial charge in [0.15, 0.2) is 0 Å². The first kappa shape index (κ1) is 23.1. The van der Waals surface area contributed by atoms with Gasteiger partial charge >= 0.3 is 5.97 Å². The number of nitrogens with zero attached hydrogens (tertiary/aromatic N) is 1. The van der Waals surface area contributed by atoms with Gasteiger partial charge < -0.3 is 9.94 Å². The molecule has 0 aromatic carbocycles. The van der Waals surface area contributed by atoms with Crippen molar-refractivity contribution in [3.63, 3.8) is 0 Å². The molecule has 2 unspecified atom stereocenters. The van der Waals surface area contributed by atoms with E-state index >= 15 is 0 Å². The number of oxime groups is 1. The smallest absolute Gasteiger partial charge is 0.311 e. The van der Waals surface area contributed by atoms with Crippen LogP contribution in [-0.2, 0) is 14.3 Å². The molecule has 6 aliphatic rings. The van der Waals surface area contributed by atoms with E-state index in [1.165, 1.54) is 12.7 Å². The minimum Gasteiger partial charge on any atom is -0.469 e. The fourth-order valence-corrected chi connectivity index (χ4v) is 10.2. The summed E-state index contributed by atoms with van der Waals surface area (Å²) in [5, 5.41) is 13.9. The average molecular weight is 456 g/mol. The van der Waals surface area contributed by atoms with Gasteiger partial charge in [0, 0.05) is 23.2 Å². The van der Waals surface area contributed by atoms with Crippen molar-refractivity contribution in [2.75, 3.05) is 7.11 Å². The predicted molar refractivity (Wildman–Crippen MR) is 127 cm³/mol. The lowest BCUT2D eigenvalue weighted by molar-refractivity contribution is -0.203. The first-order valence-electron chi connectivity index (χ1n) is 13.1. The zero-order chi connectivity index (χ0) is 24.0. The number of carbonyl (C=O) groups is 2. The van der Waals surface area contributed by atoms with Crippen molar-refractivity contribution in [3.05, 3.63) is 11.6 Å². The van der Waals surface area contributed by atoms with Crippen LogP contribution in [0.3, 0.4) is 0 Å². The quantitative estimate of drug-likeness (QED) is 0.247. The first-order chi connectivity index (χ1) is 15.5. The van der Waals surface area contributed by atoms with E-state index in [9.17, 15) is 14.8 Å². The Labute approximate surface area is 198 Å². The van der Waals surface area contributed by atoms with Crippen LogP contribution in [0.5, 0.6) is 0 Å². The third-order valence-corrected chi connectivity index (χ3v) is 11.4. The largest absolute Gasteiger partial charge is 0.469 e. The summed E-state index contributed by atoms with van der Waals surface area (Å²) in [5.74, 6) is 1.48. The lowest BCUT2D eigenvalue weighted by atomic mass is 9.30. The number of carbonyl (C=O) groups excluding carboxylic acids is 2. The number of methoxy groups -OCH3 is 1. The highest BCUT2D eigenvalue weighted by molar-refractivity contribution is 6.02. The molecule has 8 atom stereocenters. The van der Waals surface area contributed by atoms with Crippen LogP contribution in [-0.4, -0.2) is 29.8 Å². The van der Waals surface area contributed by atoms with Gasteiger partial charge in [0.25, 0.3) is 0 Å². The number of rotatable bonds is 2. The molecule has 0 radical (unpaired) electrons. The van der Waals surface area contributed by atoms with Crippen molar-refractivity contribution in [1.82, 2.24) is 0 Å². The molecule has 6 aliphatic carbocycles. The van der Waals surface area contributed by atoms with Crippen molar-refractivity contribution in [3.8, 4) is 0 Å². The molecule has 5 heteroatoms. The summed E-state index contributed by atoms with van der Waals surface area (Å²) in [4.78, 5) is 26.6. The molecule has 0 amide bonds. The molecule has 2 bridgehead atoms. The van der Waals surface area contributed by atoms with Crippen LogP contribution in [0.4, 0.5) is 0 Å². The highest BCUT2D eigenvalue weighted by atomic mass is 16.5. The van der Waals surface area contributed by atoms with Crippen molar-refractivity contribution in [2.45, 2.75) is 86.0 Å². The standard InChI is InChI=1S/C28H41NO4/c1-16(2)17-15-28-13-10-20-25(3,11-7-12-26(20,4)24(31)33-6)21(28)14-18(17)27(5)22(30)9-8-19(29-32)23(27)28/h15-16,18,20-21,23,32H,7-14H2,1-6H3/b29-19+/t18?,20-,21-,23?,25+,26-,27+,28+/m1/s1. The SMILES string of the molecule is COC(=O)[C@]1(C)CCC[C@@]2(C)[C@H]1CC[C@]13C=C(C(C)C)C(C[C@H]21)[C@@]1(C)C(=O)CC/C(=N\O)C13. The Morgan fingerprint density at radius 2 is 1.88 bits per heavy atom. The highest BCUT2D eigenvalue weighted by Crippen LogP contribution is 2.76. The summed E-state index contributed by atoms with van der Waals surface area (Å²) >= 11 is 0. The molecule has 0 aliphatic heterocycles. The lowest BCUT2D eigenvalue weighted by Gasteiger charge is -2.72. The topological polar surface area (TPSA) is 76.0 Å². The molecule has 0 aromatic heterocycles. The van der Waals surface area contributed by atoms with Crippen molar-refractivity contribution in [1.29, 1.82) is 0 Å². The number of fused-ring (bicyclic) bond motifs is 1. The van der Waals surface area contributed by atoms with E-state index in [2.05, 4.69) is 45.9 Å². The van der Waals surface area contributed by atoms with E-state index in [0.29, 0.717) is 30.5 Å². The van der Waals surface area contributed by atoms with Crippen molar-refractivity contribution in [2.24, 2.45) is 56.4 Å². The van der Waals surface area contributed by atoms with Crippen LogP contribution in [0, 0.1) is 51.2 Å². The molecular weight excluding hydrogens is 414 g/mol. The molecular formula is C28H41NO4. The van der Waals surface area contributed by atoms with Gasteiger partial charge in [-0.25, -0.2) is 0 Å². The van der Waals surface area contributed by atoms with Gasteiger partial charge in [-0.2, -0.15) is 0 Å². The molecule has 182 valence electrons. The molecule has 33 heavy (non-hydrogen) atoms. The Kier molecular flexibility index (Phi) is 5.03. The van der Waals surface area contributed by atoms with Gasteiger partial charge in [-0.05, 0) is 74.5 Å². The Bertz CT molecular complexity index is 952. The second-order valence-corrected chi connectivity index (χ2v) is 12.8. The van der Waals surface area contributed by atoms with Gasteiger partial charge in [0.1, 0.15) is 5.78 Å². The molecule has 5 nitrogen and oxygen atoms in total. The van der Waals surface area contributed by atoms with Crippen LogP contribution in [0.1, 0.15) is 86.0 Å². The van der Waals surface area contributed by atoms with E-state index < -0.39 is 10.8 Å². The number of hydrogen-bond acceptors (Lipinski definition) is 5. The molecule has 0 aromatic rings. The number of esters is 1. The fraction of sp³-hybridized carbons (Fsp3) is 0.821. The molecule has 4 saturated carbocycles. The summed E-state index contributed by atoms with van der Waals surface area (Å²) in [6.45, 7) is 11.2. The Hall–Kier alpha value is -1.65. The van der Waals surface area contributed by atoms with E-state index in [0.717, 1.165) is 44.2 Å². The Balaban J connectivity index is 1.70. The predicted octanol–water partition coefficient (Wildman–Crippen LogP) is 5.80. The number of ketones is 1. The third-order valence-electron chi connectivity index (χ3n) is 11.4. The minimum atomic E-state index is -0.492. The van der Waals surface area contributed by atoms with Gasteiger partial charge in [-0.3, -0.25) is 9.59 Å². The van der Waals surface area contributed by atoms with Crippen molar-refractivity contribution >= 4 is 17.5 Å². The summed E-state index contributed by atoms with van der Waals surface area (Å²) in [6, 6.07) is 0. The van der Waals surface area contributed by atoms with E-state index in [4.69, 9.17) is 4.74 Å². The highest BCUT2D eigenvalue weighted by Gasteiger charge is 2.73. The second-order valence-electron chi connectivity index (χ2n) is 12.8. The second kappa shape index (κ2) is 7.18. The van der Waals surface area contributed by atoms with Crippen LogP contribution < -0.4 is 0 Å². The molecule has 1 spiro atoms. The number of hydrogen-bond donors (Lipinski definition) is 1. The van der Waals surface area contributed by atoms with Gasteiger partial charge in [0.2, 0.25) is 0 Å². The fourth-order valence-electron chi connectivity index (χ4n) is 10.2. The zero-order valence-electron chi connectivity index (χ0n) is 21.2. The van der Waals surface area contributed by atoms with Crippen LogP contribution in [0.2, 0.25) is 0 Å². The molecule has 6 rings (SSSR count). The van der Waals surface area contributed by atoms with Crippen molar-refractivity contribution < 1.29 is 19.5 Å². The maximum Gasteiger partial charge on any atom is 0.311 e. The van der Waals surface area contributed by atoms with Crippen LogP contribution in [0.15, 0.2) is 16.8 Å². The molecule has 4 fully saturated rings. The zero-order valence-corrected chi connectivity index (χ0v) is 21.2. The molecule has 1 N–H and O–H groups in total. The Morgan fingerprint density at radius 1 is 1.15 bits per heavy atom. The minimum absolute atomic E-state index is 0.000903. The number of allylic oxidation sites excluding steroid dienone is 2.